The first-order valence-corrected chi connectivity index (χ1v) is 7.32. The van der Waals surface area contributed by atoms with E-state index in [1.165, 1.54) is 4.90 Å². The van der Waals surface area contributed by atoms with E-state index in [9.17, 15) is 14.4 Å². The highest BCUT2D eigenvalue weighted by Crippen LogP contribution is 2.20. The number of hydrogen-bond donors (Lipinski definition) is 1. The number of amides is 1. The van der Waals surface area contributed by atoms with Crippen molar-refractivity contribution in [1.82, 2.24) is 4.90 Å². The standard InChI is InChI=1S/C14H15NO4S/c16-12(15-8-4-7-11(15)13(17)18)9-20-14(19)10-5-2-1-3-6-10/h1-3,5-6,11H,4,7-9H2,(H,17,18)/t11-/m0/s1. The fourth-order valence-corrected chi connectivity index (χ4v) is 2.91. The van der Waals surface area contributed by atoms with Gasteiger partial charge in [0.2, 0.25) is 11.0 Å². The van der Waals surface area contributed by atoms with Gasteiger partial charge >= 0.3 is 5.97 Å². The number of benzene rings is 1. The summed E-state index contributed by atoms with van der Waals surface area (Å²) in [5.74, 6) is -1.28. The number of hydrogen-bond acceptors (Lipinski definition) is 4. The van der Waals surface area contributed by atoms with E-state index in [-0.39, 0.29) is 16.8 Å². The summed E-state index contributed by atoms with van der Waals surface area (Å²) in [6.07, 6.45) is 1.18. The molecule has 0 saturated carbocycles. The predicted molar refractivity (Wildman–Crippen MR) is 75.6 cm³/mol. The number of aliphatic carboxylic acids is 1. The van der Waals surface area contributed by atoms with Crippen LogP contribution in [0.15, 0.2) is 30.3 Å². The van der Waals surface area contributed by atoms with Gasteiger partial charge in [0.05, 0.1) is 5.75 Å². The zero-order valence-electron chi connectivity index (χ0n) is 10.8. The van der Waals surface area contributed by atoms with Gasteiger partial charge in [0, 0.05) is 12.1 Å². The number of carboxylic acid groups (broad SMARTS) is 1. The van der Waals surface area contributed by atoms with E-state index in [1.54, 1.807) is 24.3 Å². The van der Waals surface area contributed by atoms with E-state index in [0.29, 0.717) is 24.9 Å². The SMILES string of the molecule is O=C(SCC(=O)N1CCC[C@H]1C(=O)O)c1ccccc1. The third kappa shape index (κ3) is 3.39. The van der Waals surface area contributed by atoms with Gasteiger partial charge in [-0.3, -0.25) is 9.59 Å². The monoisotopic (exact) mass is 293 g/mol. The minimum absolute atomic E-state index is 0.0164. The maximum atomic E-state index is 12.0. The molecular formula is C14H15NO4S. The molecule has 5 nitrogen and oxygen atoms in total. The Morgan fingerprint density at radius 2 is 1.95 bits per heavy atom. The maximum Gasteiger partial charge on any atom is 0.326 e. The number of thioether (sulfide) groups is 1. The van der Waals surface area contributed by atoms with Crippen molar-refractivity contribution in [2.75, 3.05) is 12.3 Å². The number of nitrogens with zero attached hydrogens (tertiary/aromatic N) is 1. The second-order valence-electron chi connectivity index (χ2n) is 4.53. The molecule has 106 valence electrons. The summed E-state index contributed by atoms with van der Waals surface area (Å²) in [7, 11) is 0. The van der Waals surface area contributed by atoms with E-state index in [4.69, 9.17) is 5.11 Å². The van der Waals surface area contributed by atoms with E-state index >= 15 is 0 Å². The Hall–Kier alpha value is -1.82. The molecule has 1 aliphatic heterocycles. The Bertz CT molecular complexity index is 517. The van der Waals surface area contributed by atoms with Crippen LogP contribution in [0.25, 0.3) is 0 Å². The van der Waals surface area contributed by atoms with Crippen LogP contribution in [0, 0.1) is 0 Å². The molecule has 1 heterocycles. The summed E-state index contributed by atoms with van der Waals surface area (Å²) in [5, 5.41) is 8.84. The molecular weight excluding hydrogens is 278 g/mol. The molecule has 1 fully saturated rings. The summed E-state index contributed by atoms with van der Waals surface area (Å²) in [6, 6.07) is 7.97. The van der Waals surface area contributed by atoms with Gasteiger partial charge in [0.15, 0.2) is 0 Å². The third-order valence-corrected chi connectivity index (χ3v) is 4.08. The molecule has 1 amide bonds. The number of carbonyl (C=O) groups excluding carboxylic acids is 2. The van der Waals surface area contributed by atoms with Crippen molar-refractivity contribution >= 4 is 28.8 Å². The zero-order chi connectivity index (χ0) is 14.5. The number of carbonyl (C=O) groups is 3. The Balaban J connectivity index is 1.89. The highest BCUT2D eigenvalue weighted by Gasteiger charge is 2.33. The Morgan fingerprint density at radius 3 is 2.60 bits per heavy atom. The Morgan fingerprint density at radius 1 is 1.25 bits per heavy atom. The molecule has 0 aromatic heterocycles. The van der Waals surface area contributed by atoms with Crippen LogP contribution < -0.4 is 0 Å². The fourth-order valence-electron chi connectivity index (χ4n) is 2.19. The summed E-state index contributed by atoms with van der Waals surface area (Å²) < 4.78 is 0. The zero-order valence-corrected chi connectivity index (χ0v) is 11.6. The normalized spacial score (nSPS) is 18.0. The average Bonchev–Trinajstić information content (AvgIpc) is 2.95. The summed E-state index contributed by atoms with van der Waals surface area (Å²) in [6.45, 7) is 0.454. The lowest BCUT2D eigenvalue weighted by Crippen LogP contribution is -2.41. The smallest absolute Gasteiger partial charge is 0.326 e. The lowest BCUT2D eigenvalue weighted by molar-refractivity contribution is -0.147. The molecule has 0 bridgehead atoms. The quantitative estimate of drug-likeness (QED) is 0.913. The largest absolute Gasteiger partial charge is 0.480 e. The molecule has 0 aliphatic carbocycles. The molecule has 1 N–H and O–H groups in total. The van der Waals surface area contributed by atoms with Crippen molar-refractivity contribution in [2.45, 2.75) is 18.9 Å². The fraction of sp³-hybridized carbons (Fsp3) is 0.357. The van der Waals surface area contributed by atoms with E-state index in [2.05, 4.69) is 0 Å². The van der Waals surface area contributed by atoms with Crippen LogP contribution in [0.1, 0.15) is 23.2 Å². The summed E-state index contributed by atoms with van der Waals surface area (Å²) in [5.41, 5.74) is 0.543. The van der Waals surface area contributed by atoms with Crippen LogP contribution in [0.3, 0.4) is 0 Å². The molecule has 2 rings (SSSR count). The van der Waals surface area contributed by atoms with Crippen LogP contribution in [-0.2, 0) is 9.59 Å². The molecule has 1 aliphatic rings. The topological polar surface area (TPSA) is 74.7 Å². The molecule has 1 aromatic carbocycles. The molecule has 1 saturated heterocycles. The van der Waals surface area contributed by atoms with Crippen molar-refractivity contribution < 1.29 is 19.5 Å². The van der Waals surface area contributed by atoms with Crippen molar-refractivity contribution in [3.05, 3.63) is 35.9 Å². The maximum absolute atomic E-state index is 12.0. The highest BCUT2D eigenvalue weighted by atomic mass is 32.2. The molecule has 0 unspecified atom stereocenters. The average molecular weight is 293 g/mol. The van der Waals surface area contributed by atoms with Crippen LogP contribution >= 0.6 is 11.8 Å². The van der Waals surface area contributed by atoms with Gasteiger partial charge in [0.1, 0.15) is 6.04 Å². The summed E-state index contributed by atoms with van der Waals surface area (Å²) in [4.78, 5) is 36.2. The van der Waals surface area contributed by atoms with Gasteiger partial charge in [-0.2, -0.15) is 0 Å². The van der Waals surface area contributed by atoms with Crippen molar-refractivity contribution in [3.63, 3.8) is 0 Å². The predicted octanol–water partition coefficient (Wildman–Crippen LogP) is 1.64. The van der Waals surface area contributed by atoms with E-state index in [0.717, 1.165) is 11.8 Å². The van der Waals surface area contributed by atoms with Crippen LogP contribution in [-0.4, -0.2) is 45.3 Å². The highest BCUT2D eigenvalue weighted by molar-refractivity contribution is 8.14. The first-order chi connectivity index (χ1) is 9.59. The van der Waals surface area contributed by atoms with Gasteiger partial charge in [-0.05, 0) is 12.8 Å². The number of likely N-dealkylation sites (tertiary alicyclic amines) is 1. The molecule has 6 heteroatoms. The molecule has 20 heavy (non-hydrogen) atoms. The number of carboxylic acids is 1. The van der Waals surface area contributed by atoms with E-state index < -0.39 is 12.0 Å². The van der Waals surface area contributed by atoms with Crippen LogP contribution in [0.4, 0.5) is 0 Å². The van der Waals surface area contributed by atoms with Gasteiger partial charge < -0.3 is 10.0 Å². The second kappa shape index (κ2) is 6.56. The number of rotatable bonds is 4. The second-order valence-corrected chi connectivity index (χ2v) is 5.47. The lowest BCUT2D eigenvalue weighted by atomic mass is 10.2. The first kappa shape index (κ1) is 14.6. The van der Waals surface area contributed by atoms with Crippen molar-refractivity contribution in [3.8, 4) is 0 Å². The van der Waals surface area contributed by atoms with Gasteiger partial charge in [-0.15, -0.1) is 0 Å². The minimum Gasteiger partial charge on any atom is -0.480 e. The molecule has 1 atom stereocenters. The molecule has 0 spiro atoms. The van der Waals surface area contributed by atoms with Crippen molar-refractivity contribution in [1.29, 1.82) is 0 Å². The third-order valence-electron chi connectivity index (χ3n) is 3.19. The minimum atomic E-state index is -0.977. The summed E-state index contributed by atoms with van der Waals surface area (Å²) >= 11 is 0.915. The Labute approximate surface area is 121 Å². The first-order valence-electron chi connectivity index (χ1n) is 6.34. The van der Waals surface area contributed by atoms with Gasteiger partial charge in [-0.1, -0.05) is 42.1 Å². The van der Waals surface area contributed by atoms with Crippen LogP contribution in [0.5, 0.6) is 0 Å². The molecule has 1 aromatic rings. The van der Waals surface area contributed by atoms with Gasteiger partial charge in [-0.25, -0.2) is 4.79 Å². The Kier molecular flexibility index (Phi) is 4.79. The van der Waals surface area contributed by atoms with E-state index in [1.807, 2.05) is 6.07 Å². The van der Waals surface area contributed by atoms with Crippen molar-refractivity contribution in [2.24, 2.45) is 0 Å². The van der Waals surface area contributed by atoms with Gasteiger partial charge in [0.25, 0.3) is 0 Å². The van der Waals surface area contributed by atoms with Crippen LogP contribution in [0.2, 0.25) is 0 Å². The lowest BCUT2D eigenvalue weighted by Gasteiger charge is -2.20. The molecule has 0 radical (unpaired) electrons.